The topological polar surface area (TPSA) is 77.0 Å². The number of thiazole rings is 1. The van der Waals surface area contributed by atoms with Crippen LogP contribution in [0.4, 0.5) is 5.13 Å². The lowest BCUT2D eigenvalue weighted by molar-refractivity contribution is -0.115. The summed E-state index contributed by atoms with van der Waals surface area (Å²) in [5.41, 5.74) is 1.74. The van der Waals surface area contributed by atoms with Gasteiger partial charge >= 0.3 is 0 Å². The van der Waals surface area contributed by atoms with E-state index in [0.717, 1.165) is 30.9 Å². The van der Waals surface area contributed by atoms with E-state index < -0.39 is 5.25 Å². The van der Waals surface area contributed by atoms with E-state index in [9.17, 15) is 4.79 Å². The predicted molar refractivity (Wildman–Crippen MR) is 119 cm³/mol. The molecule has 0 saturated carbocycles. The van der Waals surface area contributed by atoms with Crippen molar-refractivity contribution in [2.24, 2.45) is 0 Å². The van der Waals surface area contributed by atoms with Crippen molar-refractivity contribution in [1.82, 2.24) is 15.2 Å². The van der Waals surface area contributed by atoms with Crippen molar-refractivity contribution in [3.63, 3.8) is 0 Å². The molecular weight excluding hydrogens is 424 g/mol. The summed E-state index contributed by atoms with van der Waals surface area (Å²) in [4.78, 5) is 17.7. The highest BCUT2D eigenvalue weighted by Crippen LogP contribution is 2.38. The lowest BCUT2D eigenvalue weighted by Crippen LogP contribution is -2.18. The van der Waals surface area contributed by atoms with Crippen LogP contribution in [-0.4, -0.2) is 27.7 Å². The van der Waals surface area contributed by atoms with Crippen molar-refractivity contribution in [3.8, 4) is 5.75 Å². The van der Waals surface area contributed by atoms with Crippen molar-refractivity contribution in [1.29, 1.82) is 0 Å². The molecule has 1 N–H and O–H groups in total. The van der Waals surface area contributed by atoms with E-state index in [0.29, 0.717) is 11.7 Å². The zero-order chi connectivity index (χ0) is 20.2. The van der Waals surface area contributed by atoms with Gasteiger partial charge in [0.1, 0.15) is 16.0 Å². The first-order valence-electron chi connectivity index (χ1n) is 8.98. The van der Waals surface area contributed by atoms with E-state index in [1.54, 1.807) is 0 Å². The van der Waals surface area contributed by atoms with Crippen LogP contribution in [0.1, 0.15) is 22.7 Å². The Kier molecular flexibility index (Phi) is 6.08. The van der Waals surface area contributed by atoms with E-state index >= 15 is 0 Å². The molecule has 2 aromatic heterocycles. The van der Waals surface area contributed by atoms with E-state index in [-0.39, 0.29) is 5.91 Å². The number of rotatable bonds is 7. The number of amides is 1. The van der Waals surface area contributed by atoms with Gasteiger partial charge < -0.3 is 10.1 Å². The number of benzene rings is 2. The Balaban J connectivity index is 1.58. The number of anilines is 1. The second-order valence-corrected chi connectivity index (χ2v) is 9.63. The molecule has 4 rings (SSSR count). The number of carbonyl (C=O) groups excluding carboxylic acids is 1. The standard InChI is InChI=1S/C20H18N4O2S3/c1-3-26-14-9-10-15-16(11-14)28-19(21-15)22-18(25)17(13-7-5-4-6-8-13)29-20-24-23-12(2)27-20/h4-11,17H,3H2,1-2H3,(H,21,22,25)/t17-/m0/s1. The molecule has 0 aliphatic carbocycles. The summed E-state index contributed by atoms with van der Waals surface area (Å²) < 4.78 is 7.27. The second kappa shape index (κ2) is 8.89. The largest absolute Gasteiger partial charge is 0.494 e. The van der Waals surface area contributed by atoms with Crippen molar-refractivity contribution >= 4 is 55.7 Å². The highest BCUT2D eigenvalue weighted by molar-refractivity contribution is 8.01. The van der Waals surface area contributed by atoms with Crippen molar-refractivity contribution in [2.45, 2.75) is 23.4 Å². The van der Waals surface area contributed by atoms with Gasteiger partial charge in [0.2, 0.25) is 5.91 Å². The Bertz CT molecular complexity index is 1130. The Hall–Kier alpha value is -2.49. The number of ether oxygens (including phenoxy) is 1. The van der Waals surface area contributed by atoms with Gasteiger partial charge in [0.25, 0.3) is 0 Å². The summed E-state index contributed by atoms with van der Waals surface area (Å²) in [6, 6.07) is 15.4. The van der Waals surface area contributed by atoms with Crippen LogP contribution in [0.3, 0.4) is 0 Å². The number of nitrogens with one attached hydrogen (secondary N) is 1. The van der Waals surface area contributed by atoms with E-state index in [4.69, 9.17) is 4.74 Å². The maximum Gasteiger partial charge on any atom is 0.244 e. The van der Waals surface area contributed by atoms with Gasteiger partial charge in [0, 0.05) is 0 Å². The molecule has 2 heterocycles. The van der Waals surface area contributed by atoms with Crippen LogP contribution in [0.25, 0.3) is 10.2 Å². The summed E-state index contributed by atoms with van der Waals surface area (Å²) in [5.74, 6) is 0.657. The number of hydrogen-bond acceptors (Lipinski definition) is 8. The van der Waals surface area contributed by atoms with E-state index in [1.807, 2.05) is 62.4 Å². The fourth-order valence-electron chi connectivity index (χ4n) is 2.71. The Morgan fingerprint density at radius 1 is 1.17 bits per heavy atom. The first-order chi connectivity index (χ1) is 14.1. The van der Waals surface area contributed by atoms with E-state index in [2.05, 4.69) is 20.5 Å². The zero-order valence-corrected chi connectivity index (χ0v) is 18.2. The van der Waals surface area contributed by atoms with Gasteiger partial charge in [-0.1, -0.05) is 64.8 Å². The molecule has 0 bridgehead atoms. The van der Waals surface area contributed by atoms with Gasteiger partial charge in [0.05, 0.1) is 16.8 Å². The van der Waals surface area contributed by atoms with E-state index in [1.165, 1.54) is 34.4 Å². The minimum Gasteiger partial charge on any atom is -0.494 e. The molecule has 0 saturated heterocycles. The Labute approximate surface area is 180 Å². The number of hydrogen-bond donors (Lipinski definition) is 1. The first kappa shape index (κ1) is 19.8. The lowest BCUT2D eigenvalue weighted by atomic mass is 10.1. The van der Waals surface area contributed by atoms with Crippen LogP contribution in [0.5, 0.6) is 5.75 Å². The molecule has 9 heteroatoms. The van der Waals surface area contributed by atoms with Crippen LogP contribution >= 0.6 is 34.4 Å². The maximum absolute atomic E-state index is 13.1. The minimum atomic E-state index is -0.449. The fourth-order valence-corrected chi connectivity index (χ4v) is 5.62. The third-order valence-electron chi connectivity index (χ3n) is 3.97. The lowest BCUT2D eigenvalue weighted by Gasteiger charge is -2.14. The summed E-state index contributed by atoms with van der Waals surface area (Å²) >= 11 is 4.30. The monoisotopic (exact) mass is 442 g/mol. The quantitative estimate of drug-likeness (QED) is 0.390. The molecule has 1 amide bonds. The molecule has 29 heavy (non-hydrogen) atoms. The number of aryl methyl sites for hydroxylation is 1. The molecule has 4 aromatic rings. The van der Waals surface area contributed by atoms with Crippen molar-refractivity contribution in [2.75, 3.05) is 11.9 Å². The minimum absolute atomic E-state index is 0.141. The normalized spacial score (nSPS) is 12.1. The maximum atomic E-state index is 13.1. The molecule has 0 unspecified atom stereocenters. The number of fused-ring (bicyclic) bond motifs is 1. The number of aromatic nitrogens is 3. The van der Waals surface area contributed by atoms with Crippen LogP contribution < -0.4 is 10.1 Å². The SMILES string of the molecule is CCOc1ccc2nc(NC(=O)[C@@H](Sc3nnc(C)s3)c3ccccc3)sc2c1. The molecule has 0 radical (unpaired) electrons. The van der Waals surface area contributed by atoms with Gasteiger partial charge in [-0.25, -0.2) is 4.98 Å². The van der Waals surface area contributed by atoms with Crippen molar-refractivity contribution in [3.05, 3.63) is 59.1 Å². The van der Waals surface area contributed by atoms with Gasteiger partial charge in [-0.3, -0.25) is 4.79 Å². The predicted octanol–water partition coefficient (Wildman–Crippen LogP) is 5.33. The van der Waals surface area contributed by atoms with Crippen molar-refractivity contribution < 1.29 is 9.53 Å². The molecule has 0 aliphatic rings. The van der Waals surface area contributed by atoms with Crippen LogP contribution in [0.2, 0.25) is 0 Å². The average molecular weight is 443 g/mol. The van der Waals surface area contributed by atoms with Crippen LogP contribution in [-0.2, 0) is 4.79 Å². The third-order valence-corrected chi connectivity index (χ3v) is 7.08. The molecule has 0 aliphatic heterocycles. The molecule has 1 atom stereocenters. The fraction of sp³-hybridized carbons (Fsp3) is 0.200. The number of thioether (sulfide) groups is 1. The molecule has 0 spiro atoms. The van der Waals surface area contributed by atoms with Gasteiger partial charge in [-0.2, -0.15) is 0 Å². The van der Waals surface area contributed by atoms with Gasteiger partial charge in [0.15, 0.2) is 9.47 Å². The molecule has 2 aromatic carbocycles. The Morgan fingerprint density at radius 2 is 2.00 bits per heavy atom. The summed E-state index contributed by atoms with van der Waals surface area (Å²) in [6.07, 6.45) is 0. The molecule has 0 fully saturated rings. The summed E-state index contributed by atoms with van der Waals surface area (Å²) in [6.45, 7) is 4.45. The average Bonchev–Trinajstić information content (AvgIpc) is 3.31. The molecule has 148 valence electrons. The number of nitrogens with zero attached hydrogens (tertiary/aromatic N) is 3. The smallest absolute Gasteiger partial charge is 0.244 e. The van der Waals surface area contributed by atoms with Gasteiger partial charge in [-0.05, 0) is 37.6 Å². The number of carbonyl (C=O) groups is 1. The highest BCUT2D eigenvalue weighted by atomic mass is 32.2. The summed E-state index contributed by atoms with van der Waals surface area (Å²) in [5, 5.41) is 12.2. The zero-order valence-electron chi connectivity index (χ0n) is 15.8. The molecular formula is C20H18N4O2S3. The van der Waals surface area contributed by atoms with Crippen LogP contribution in [0.15, 0.2) is 52.9 Å². The first-order valence-corrected chi connectivity index (χ1v) is 11.5. The summed E-state index contributed by atoms with van der Waals surface area (Å²) in [7, 11) is 0. The Morgan fingerprint density at radius 3 is 2.72 bits per heavy atom. The highest BCUT2D eigenvalue weighted by Gasteiger charge is 2.25. The second-order valence-electron chi connectivity index (χ2n) is 6.07. The van der Waals surface area contributed by atoms with Crippen LogP contribution in [0, 0.1) is 6.92 Å². The van der Waals surface area contributed by atoms with Gasteiger partial charge in [-0.15, -0.1) is 10.2 Å². The molecule has 6 nitrogen and oxygen atoms in total. The third kappa shape index (κ3) is 4.75.